The van der Waals surface area contributed by atoms with E-state index < -0.39 is 34.0 Å². The summed E-state index contributed by atoms with van der Waals surface area (Å²) in [5.74, 6) is -0.836. The fraction of sp³-hybridized carbons (Fsp3) is 0.615. The monoisotopic (exact) mass is 495 g/mol. The predicted octanol–water partition coefficient (Wildman–Crippen LogP) is 6.31. The lowest BCUT2D eigenvalue weighted by atomic mass is 10.0. The average Bonchev–Trinajstić information content (AvgIpc) is 3.11. The highest BCUT2D eigenvalue weighted by molar-refractivity contribution is 7.87. The largest absolute Gasteiger partial charge is 0.481 e. The first-order valence-electron chi connectivity index (χ1n) is 11.5. The van der Waals surface area contributed by atoms with E-state index in [1.807, 2.05) is 13.8 Å². The van der Waals surface area contributed by atoms with Gasteiger partial charge in [-0.05, 0) is 72.3 Å². The maximum Gasteiger partial charge on any atom is 0.306 e. The molecule has 4 unspecified atom stereocenters. The SMILES string of the molecule is C/C(=C/CC/C(C)=C/c1csc(C)n1)C/C=C\C(C)CC(C)S(=O)C(C)(C)C(O)CC(=O)O. The second kappa shape index (κ2) is 14.0. The van der Waals surface area contributed by atoms with E-state index in [9.17, 15) is 14.1 Å². The molecule has 5 nitrogen and oxygen atoms in total. The molecule has 0 spiro atoms. The van der Waals surface area contributed by atoms with Crippen LogP contribution in [-0.4, -0.2) is 41.5 Å². The molecule has 0 bridgehead atoms. The third-order valence-corrected chi connectivity index (χ3v) is 8.75. The summed E-state index contributed by atoms with van der Waals surface area (Å²) in [5.41, 5.74) is 3.69. The number of aromatic nitrogens is 1. The van der Waals surface area contributed by atoms with Gasteiger partial charge in [-0.15, -0.1) is 11.3 Å². The van der Waals surface area contributed by atoms with Gasteiger partial charge in [-0.1, -0.05) is 43.2 Å². The van der Waals surface area contributed by atoms with Crippen LogP contribution >= 0.6 is 11.3 Å². The van der Waals surface area contributed by atoms with Crippen LogP contribution in [0.15, 0.2) is 34.8 Å². The molecule has 186 valence electrons. The van der Waals surface area contributed by atoms with Crippen molar-refractivity contribution in [3.05, 3.63) is 45.5 Å². The van der Waals surface area contributed by atoms with Gasteiger partial charge >= 0.3 is 5.97 Å². The van der Waals surface area contributed by atoms with E-state index in [1.165, 1.54) is 11.1 Å². The quantitative estimate of drug-likeness (QED) is 0.296. The number of hydrogen-bond donors (Lipinski definition) is 2. The smallest absolute Gasteiger partial charge is 0.306 e. The lowest BCUT2D eigenvalue weighted by Gasteiger charge is -2.32. The number of rotatable bonds is 14. The summed E-state index contributed by atoms with van der Waals surface area (Å²) in [6.07, 6.45) is 10.8. The van der Waals surface area contributed by atoms with E-state index in [4.69, 9.17) is 5.11 Å². The van der Waals surface area contributed by atoms with Crippen molar-refractivity contribution in [2.45, 2.75) is 96.7 Å². The van der Waals surface area contributed by atoms with Gasteiger partial charge in [-0.2, -0.15) is 0 Å². The molecule has 1 heterocycles. The maximum atomic E-state index is 12.9. The normalized spacial score (nSPS) is 17.2. The van der Waals surface area contributed by atoms with Crippen molar-refractivity contribution in [1.82, 2.24) is 4.98 Å². The fourth-order valence-corrected chi connectivity index (χ4v) is 6.08. The molecule has 0 radical (unpaired) electrons. The molecule has 7 heteroatoms. The van der Waals surface area contributed by atoms with Crippen LogP contribution in [0.5, 0.6) is 0 Å². The molecule has 0 saturated heterocycles. The van der Waals surface area contributed by atoms with Crippen LogP contribution in [0.25, 0.3) is 6.08 Å². The Hall–Kier alpha value is -1.57. The van der Waals surface area contributed by atoms with Crippen molar-refractivity contribution in [2.24, 2.45) is 5.92 Å². The summed E-state index contributed by atoms with van der Waals surface area (Å²) in [5, 5.41) is 22.1. The van der Waals surface area contributed by atoms with Crippen LogP contribution in [0.2, 0.25) is 0 Å². The third-order valence-electron chi connectivity index (χ3n) is 5.73. The fourth-order valence-electron chi connectivity index (χ4n) is 3.64. The summed E-state index contributed by atoms with van der Waals surface area (Å²) in [6, 6.07) is 0. The molecule has 1 rings (SSSR count). The Labute approximate surface area is 206 Å². The molecular formula is C26H41NO4S2. The minimum atomic E-state index is -1.35. The number of hydrogen-bond acceptors (Lipinski definition) is 5. The number of carbonyl (C=O) groups is 1. The Morgan fingerprint density at radius 1 is 1.27 bits per heavy atom. The van der Waals surface area contributed by atoms with Crippen molar-refractivity contribution in [2.75, 3.05) is 0 Å². The van der Waals surface area contributed by atoms with Gasteiger partial charge in [-0.25, -0.2) is 4.98 Å². The number of nitrogens with zero attached hydrogens (tertiary/aromatic N) is 1. The van der Waals surface area contributed by atoms with Crippen LogP contribution in [-0.2, 0) is 15.6 Å². The number of aliphatic hydroxyl groups is 1. The molecule has 0 saturated carbocycles. The topological polar surface area (TPSA) is 87.5 Å². The molecule has 0 aromatic carbocycles. The average molecular weight is 496 g/mol. The molecule has 33 heavy (non-hydrogen) atoms. The van der Waals surface area contributed by atoms with Gasteiger partial charge in [0.2, 0.25) is 0 Å². The van der Waals surface area contributed by atoms with Crippen molar-refractivity contribution >= 4 is 34.2 Å². The Kier molecular flexibility index (Phi) is 12.5. The molecule has 2 N–H and O–H groups in total. The molecule has 1 aromatic rings. The first kappa shape index (κ1) is 29.5. The van der Waals surface area contributed by atoms with Crippen molar-refractivity contribution in [3.8, 4) is 0 Å². The minimum absolute atomic E-state index is 0.143. The highest BCUT2D eigenvalue weighted by Gasteiger charge is 2.38. The molecule has 1 aromatic heterocycles. The molecule has 0 fully saturated rings. The van der Waals surface area contributed by atoms with E-state index in [1.54, 1.807) is 25.2 Å². The van der Waals surface area contributed by atoms with Gasteiger partial charge < -0.3 is 10.2 Å². The van der Waals surface area contributed by atoms with E-state index in [0.717, 1.165) is 36.4 Å². The first-order chi connectivity index (χ1) is 15.3. The number of aliphatic hydroxyl groups excluding tert-OH is 1. The minimum Gasteiger partial charge on any atom is -0.481 e. The van der Waals surface area contributed by atoms with Crippen LogP contribution < -0.4 is 0 Å². The van der Waals surface area contributed by atoms with E-state index in [2.05, 4.69) is 55.4 Å². The molecule has 0 amide bonds. The van der Waals surface area contributed by atoms with Gasteiger partial charge in [0.15, 0.2) is 0 Å². The zero-order valence-corrected chi connectivity index (χ0v) is 22.8. The van der Waals surface area contributed by atoms with Crippen LogP contribution in [0.1, 0.15) is 84.3 Å². The standard InChI is InChI=1S/C26H41NO4S2/c1-18(11-9-13-20(3)15-23-17-32-22(5)27-23)10-8-12-19(2)14-21(4)33(31)26(6,7)24(28)16-25(29)30/h8,11-12,15,17,19,21,24,28H,9-10,13-14,16H2,1-7H3,(H,29,30)/b12-8-,18-11-,20-15+. The van der Waals surface area contributed by atoms with Crippen molar-refractivity contribution in [3.63, 3.8) is 0 Å². The summed E-state index contributed by atoms with van der Waals surface area (Å²) in [6.45, 7) is 13.7. The second-order valence-corrected chi connectivity index (χ2v) is 13.1. The lowest BCUT2D eigenvalue weighted by molar-refractivity contribution is -0.139. The number of allylic oxidation sites excluding steroid dienone is 5. The maximum absolute atomic E-state index is 12.9. The van der Waals surface area contributed by atoms with Crippen LogP contribution in [0, 0.1) is 12.8 Å². The highest BCUT2D eigenvalue weighted by atomic mass is 32.2. The highest BCUT2D eigenvalue weighted by Crippen LogP contribution is 2.27. The van der Waals surface area contributed by atoms with Crippen molar-refractivity contribution in [1.29, 1.82) is 0 Å². The summed E-state index contributed by atoms with van der Waals surface area (Å²) in [4.78, 5) is 15.4. The van der Waals surface area contributed by atoms with Gasteiger partial charge in [0.1, 0.15) is 0 Å². The number of carboxylic acid groups (broad SMARTS) is 1. The van der Waals surface area contributed by atoms with Gasteiger partial charge in [-0.3, -0.25) is 9.00 Å². The number of thiazole rings is 1. The lowest BCUT2D eigenvalue weighted by Crippen LogP contribution is -2.45. The summed E-state index contributed by atoms with van der Waals surface area (Å²) < 4.78 is 11.9. The Morgan fingerprint density at radius 2 is 1.94 bits per heavy atom. The van der Waals surface area contributed by atoms with Crippen LogP contribution in [0.3, 0.4) is 0 Å². The molecule has 0 aliphatic rings. The van der Waals surface area contributed by atoms with Crippen molar-refractivity contribution < 1.29 is 19.2 Å². The van der Waals surface area contributed by atoms with Gasteiger partial charge in [0, 0.05) is 21.4 Å². The predicted molar refractivity (Wildman–Crippen MR) is 141 cm³/mol. The zero-order valence-electron chi connectivity index (χ0n) is 21.1. The number of aryl methyl sites for hydroxylation is 1. The second-order valence-electron chi connectivity index (χ2n) is 9.54. The Balaban J connectivity index is 2.47. The van der Waals surface area contributed by atoms with Crippen LogP contribution in [0.4, 0.5) is 0 Å². The molecule has 0 aliphatic heterocycles. The van der Waals surface area contributed by atoms with Gasteiger partial charge in [0.05, 0.1) is 28.0 Å². The molecular weight excluding hydrogens is 454 g/mol. The molecule has 4 atom stereocenters. The Morgan fingerprint density at radius 3 is 2.52 bits per heavy atom. The summed E-state index contributed by atoms with van der Waals surface area (Å²) >= 11 is 1.67. The third kappa shape index (κ3) is 10.9. The zero-order chi connectivity index (χ0) is 25.2. The first-order valence-corrected chi connectivity index (χ1v) is 13.6. The van der Waals surface area contributed by atoms with E-state index in [-0.39, 0.29) is 11.2 Å². The van der Waals surface area contributed by atoms with E-state index in [0.29, 0.717) is 0 Å². The summed E-state index contributed by atoms with van der Waals surface area (Å²) in [7, 11) is -1.35. The van der Waals surface area contributed by atoms with Gasteiger partial charge in [0.25, 0.3) is 0 Å². The number of aliphatic carboxylic acids is 1. The van der Waals surface area contributed by atoms with E-state index >= 15 is 0 Å². The molecule has 0 aliphatic carbocycles. The number of carboxylic acids is 1. The Bertz CT molecular complexity index is 883.